The number of imidazole rings is 1. The third-order valence-electron chi connectivity index (χ3n) is 1.69. The summed E-state index contributed by atoms with van der Waals surface area (Å²) in [5.41, 5.74) is -2.51. The first-order valence-electron chi connectivity index (χ1n) is 7.62. The second-order valence-electron chi connectivity index (χ2n) is 2.58. The van der Waals surface area contributed by atoms with Crippen molar-refractivity contribution >= 4 is 11.6 Å². The molecule has 14 heavy (non-hydrogen) atoms. The molecule has 0 saturated carbocycles. The highest BCUT2D eigenvalue weighted by Crippen LogP contribution is 2.13. The molecule has 1 N–H and O–H groups in total. The Hall–Kier alpha value is -1.84. The molecule has 0 aliphatic heterocycles. The van der Waals surface area contributed by atoms with E-state index < -0.39 is 54.4 Å². The number of carboxylic acid groups (broad SMARTS) is 1. The zero-order chi connectivity index (χ0) is 17.0. The fraction of sp³-hybridized carbons (Fsp3) is 0.200. The zero-order valence-electron chi connectivity index (χ0n) is 14.8. The molecule has 0 spiro atoms. The summed E-state index contributed by atoms with van der Waals surface area (Å²) in [6, 6.07) is -1.28. The largest absolute Gasteiger partial charge is 0.477 e. The summed E-state index contributed by atoms with van der Waals surface area (Å²) in [6.45, 7) is -5.63. The van der Waals surface area contributed by atoms with Gasteiger partial charge in [0.05, 0.1) is 8.44 Å². The Labute approximate surface area is 92.1 Å². The molecule has 0 radical (unpaired) electrons. The van der Waals surface area contributed by atoms with Crippen molar-refractivity contribution in [1.29, 1.82) is 0 Å². The first-order valence-corrected chi connectivity index (χ1v) is 3.62. The van der Waals surface area contributed by atoms with Gasteiger partial charge in [-0.15, -0.1) is 0 Å². The summed E-state index contributed by atoms with van der Waals surface area (Å²) in [5.74, 6) is -1.60. The van der Waals surface area contributed by atoms with Gasteiger partial charge in [-0.2, -0.15) is 0 Å². The summed E-state index contributed by atoms with van der Waals surface area (Å²) in [4.78, 5) is 14.9. The number of nitrogens with zero attached hydrogens (tertiary/aromatic N) is 2. The van der Waals surface area contributed by atoms with Crippen LogP contribution >= 0.6 is 0 Å². The predicted molar refractivity (Wildman–Crippen MR) is 51.6 cm³/mol. The summed E-state index contributed by atoms with van der Waals surface area (Å²) < 4.78 is 60.2. The van der Waals surface area contributed by atoms with Crippen molar-refractivity contribution in [2.45, 2.75) is 13.7 Å². The average molecular weight is 198 g/mol. The molecule has 0 amide bonds. The molecule has 0 aliphatic rings. The van der Waals surface area contributed by atoms with Crippen molar-refractivity contribution in [3.63, 3.8) is 0 Å². The van der Waals surface area contributed by atoms with Crippen LogP contribution in [-0.2, 0) is 0 Å². The van der Waals surface area contributed by atoms with Crippen molar-refractivity contribution in [3.8, 4) is 0 Å². The molecule has 0 aliphatic carbocycles. The van der Waals surface area contributed by atoms with Crippen molar-refractivity contribution in [1.82, 2.24) is 9.38 Å². The topological polar surface area (TPSA) is 54.6 Å². The maximum atomic E-state index is 11.3. The van der Waals surface area contributed by atoms with Crippen LogP contribution in [0.2, 0.25) is 0 Å². The highest BCUT2D eigenvalue weighted by Gasteiger charge is 2.14. The number of rotatable bonds is 1. The Morgan fingerprint density at radius 1 is 1.71 bits per heavy atom. The van der Waals surface area contributed by atoms with Crippen LogP contribution in [0.3, 0.4) is 0 Å². The second-order valence-corrected chi connectivity index (χ2v) is 2.58. The van der Waals surface area contributed by atoms with Crippen molar-refractivity contribution in [2.75, 3.05) is 0 Å². The summed E-state index contributed by atoms with van der Waals surface area (Å²) >= 11 is 0. The molecular formula is C10H10N2O2. The number of pyridine rings is 1. The van der Waals surface area contributed by atoms with Gasteiger partial charge in [0.25, 0.3) is 0 Å². The van der Waals surface area contributed by atoms with Gasteiger partial charge in [-0.25, -0.2) is 9.78 Å². The molecule has 0 saturated heterocycles. The van der Waals surface area contributed by atoms with Gasteiger partial charge >= 0.3 is 5.97 Å². The number of aryl methyl sites for hydroxylation is 1. The molecule has 0 unspecified atom stereocenters. The maximum absolute atomic E-state index is 11.3. The van der Waals surface area contributed by atoms with Crippen LogP contribution in [-0.4, -0.2) is 20.5 Å². The Kier molecular flexibility index (Phi) is 0.685. The molecule has 2 aromatic rings. The van der Waals surface area contributed by atoms with Gasteiger partial charge in [-0.3, -0.25) is 4.40 Å². The highest BCUT2D eigenvalue weighted by atomic mass is 16.4. The fourth-order valence-electron chi connectivity index (χ4n) is 1.13. The van der Waals surface area contributed by atoms with Crippen LogP contribution in [0, 0.1) is 13.7 Å². The predicted octanol–water partition coefficient (Wildman–Crippen LogP) is 1.65. The number of carboxylic acids is 1. The van der Waals surface area contributed by atoms with E-state index in [1.165, 1.54) is 0 Å². The molecule has 72 valence electrons. The average Bonchev–Trinajstić information content (AvgIpc) is 2.65. The van der Waals surface area contributed by atoms with Gasteiger partial charge in [0.2, 0.25) is 0 Å². The van der Waals surface area contributed by atoms with Gasteiger partial charge in [0.1, 0.15) is 5.65 Å². The van der Waals surface area contributed by atoms with Gasteiger partial charge in [0.15, 0.2) is 5.69 Å². The number of fused-ring (bicyclic) bond motifs is 1. The first kappa shape index (κ1) is 3.38. The van der Waals surface area contributed by atoms with Gasteiger partial charge in [-0.1, -0.05) is 0 Å². The monoisotopic (exact) mass is 198 g/mol. The first-order chi connectivity index (χ1) is 9.85. The number of carbonyl (C=O) groups is 1. The second kappa shape index (κ2) is 2.83. The molecule has 4 nitrogen and oxygen atoms in total. The van der Waals surface area contributed by atoms with E-state index in [1.807, 2.05) is 0 Å². The molecule has 0 atom stereocenters. The minimum Gasteiger partial charge on any atom is -0.477 e. The van der Waals surface area contributed by atoms with Crippen molar-refractivity contribution in [3.05, 3.63) is 35.2 Å². The van der Waals surface area contributed by atoms with Crippen molar-refractivity contribution in [2.24, 2.45) is 0 Å². The van der Waals surface area contributed by atoms with Gasteiger partial charge < -0.3 is 5.11 Å². The van der Waals surface area contributed by atoms with Crippen LogP contribution in [0.15, 0.2) is 18.3 Å². The quantitative estimate of drug-likeness (QED) is 0.758. The lowest BCUT2D eigenvalue weighted by Gasteiger charge is -1.97. The summed E-state index contributed by atoms with van der Waals surface area (Å²) in [6.07, 6.45) is 0.848. The van der Waals surface area contributed by atoms with E-state index in [-0.39, 0.29) is 0 Å². The van der Waals surface area contributed by atoms with Crippen LogP contribution in [0.1, 0.15) is 32.7 Å². The van der Waals surface area contributed by atoms with Crippen LogP contribution in [0.25, 0.3) is 5.65 Å². The third kappa shape index (κ3) is 1.16. The lowest BCUT2D eigenvalue weighted by atomic mass is 10.3. The van der Waals surface area contributed by atoms with Gasteiger partial charge in [0, 0.05) is 14.4 Å². The van der Waals surface area contributed by atoms with Crippen LogP contribution in [0.5, 0.6) is 0 Å². The standard InChI is InChI=1S/C10H10N2O2/c1-6-3-4-12-8(5-6)11-7(2)9(12)10(13)14/h3-5H,1-2H3,(H,13,14)/i1D3,2D3,3D,5D. The van der Waals surface area contributed by atoms with E-state index >= 15 is 0 Å². The van der Waals surface area contributed by atoms with E-state index in [1.54, 1.807) is 0 Å². The normalized spacial score (nSPS) is 20.9. The lowest BCUT2D eigenvalue weighted by Crippen LogP contribution is -2.03. The Bertz CT molecular complexity index is 774. The van der Waals surface area contributed by atoms with E-state index in [9.17, 15) is 9.90 Å². The van der Waals surface area contributed by atoms with E-state index in [4.69, 9.17) is 11.0 Å². The van der Waals surface area contributed by atoms with Crippen LogP contribution in [0.4, 0.5) is 0 Å². The van der Waals surface area contributed by atoms with Crippen molar-refractivity contribution < 1.29 is 20.9 Å². The molecule has 2 aromatic heterocycles. The highest BCUT2D eigenvalue weighted by molar-refractivity contribution is 5.88. The fourth-order valence-corrected chi connectivity index (χ4v) is 1.13. The molecule has 4 heteroatoms. The van der Waals surface area contributed by atoms with Crippen LogP contribution < -0.4 is 0 Å². The zero-order valence-corrected chi connectivity index (χ0v) is 6.83. The summed E-state index contributed by atoms with van der Waals surface area (Å²) in [5, 5.41) is 9.18. The maximum Gasteiger partial charge on any atom is 0.354 e. The number of aromatic nitrogens is 2. The molecule has 2 heterocycles. The Balaban J connectivity index is 2.98. The Morgan fingerprint density at radius 3 is 3.21 bits per heavy atom. The molecule has 0 bridgehead atoms. The SMILES string of the molecule is [2H]c1cn2c(C(=O)O)c(C([2H])([2H])[2H])nc2c([2H])c1C([2H])([2H])[2H]. The minimum absolute atomic E-state index is 0.425. The molecular weight excluding hydrogens is 180 g/mol. The smallest absolute Gasteiger partial charge is 0.354 e. The number of hydrogen-bond donors (Lipinski definition) is 1. The van der Waals surface area contributed by atoms with E-state index in [2.05, 4.69) is 4.98 Å². The third-order valence-corrected chi connectivity index (χ3v) is 1.69. The number of aromatic carboxylic acids is 1. The minimum atomic E-state index is -2.85. The van der Waals surface area contributed by atoms with E-state index in [0.29, 0.717) is 0 Å². The Morgan fingerprint density at radius 2 is 2.57 bits per heavy atom. The van der Waals surface area contributed by atoms with E-state index in [0.717, 1.165) is 10.6 Å². The molecule has 0 aromatic carbocycles. The lowest BCUT2D eigenvalue weighted by molar-refractivity contribution is 0.0688. The van der Waals surface area contributed by atoms with Gasteiger partial charge in [-0.05, 0) is 31.4 Å². The number of hydrogen-bond acceptors (Lipinski definition) is 2. The molecule has 0 fully saturated rings. The molecule has 2 rings (SSSR count). The summed E-state index contributed by atoms with van der Waals surface area (Å²) in [7, 11) is 0.